The van der Waals surface area contributed by atoms with Crippen LogP contribution in [0.1, 0.15) is 6.92 Å². The normalized spacial score (nSPS) is 10.5. The smallest absolute Gasteiger partial charge is 0.241 e. The summed E-state index contributed by atoms with van der Waals surface area (Å²) in [5.41, 5.74) is 6.37. The van der Waals surface area contributed by atoms with Crippen molar-refractivity contribution in [1.82, 2.24) is 9.97 Å². The zero-order valence-electron chi connectivity index (χ0n) is 10.1. The van der Waals surface area contributed by atoms with E-state index in [-0.39, 0.29) is 0 Å². The standard InChI is InChI=1S/C12H11Cl2N3OS/c1-2-18-11-10(15)12(17-6-16-11)19-7-3-4-8(13)9(14)5-7/h3-6H,2,15H2,1H3. The molecule has 2 N–H and O–H groups in total. The molecule has 0 spiro atoms. The van der Waals surface area contributed by atoms with E-state index in [0.29, 0.717) is 33.2 Å². The second-order valence-corrected chi connectivity index (χ2v) is 5.39. The molecule has 0 amide bonds. The van der Waals surface area contributed by atoms with Crippen molar-refractivity contribution in [2.24, 2.45) is 0 Å². The first-order valence-corrected chi connectivity index (χ1v) is 7.05. The van der Waals surface area contributed by atoms with Crippen molar-refractivity contribution in [3.63, 3.8) is 0 Å². The van der Waals surface area contributed by atoms with Gasteiger partial charge in [-0.25, -0.2) is 4.98 Å². The van der Waals surface area contributed by atoms with Crippen molar-refractivity contribution in [1.29, 1.82) is 0 Å². The average Bonchev–Trinajstić information content (AvgIpc) is 2.39. The molecule has 0 aliphatic heterocycles. The molecule has 0 atom stereocenters. The van der Waals surface area contributed by atoms with Gasteiger partial charge >= 0.3 is 0 Å². The van der Waals surface area contributed by atoms with Gasteiger partial charge < -0.3 is 10.5 Å². The topological polar surface area (TPSA) is 61.0 Å². The van der Waals surface area contributed by atoms with E-state index >= 15 is 0 Å². The molecule has 1 heterocycles. The summed E-state index contributed by atoms with van der Waals surface area (Å²) in [6.07, 6.45) is 1.42. The van der Waals surface area contributed by atoms with Crippen LogP contribution < -0.4 is 10.5 Å². The lowest BCUT2D eigenvalue weighted by Crippen LogP contribution is -2.02. The van der Waals surface area contributed by atoms with Crippen molar-refractivity contribution >= 4 is 40.7 Å². The Hall–Kier alpha value is -1.17. The van der Waals surface area contributed by atoms with Gasteiger partial charge in [0.1, 0.15) is 17.0 Å². The molecule has 0 fully saturated rings. The molecule has 0 saturated heterocycles. The Morgan fingerprint density at radius 2 is 2.05 bits per heavy atom. The summed E-state index contributed by atoms with van der Waals surface area (Å²) in [5.74, 6) is 0.389. The second kappa shape index (κ2) is 6.32. The molecule has 100 valence electrons. The number of hydrogen-bond acceptors (Lipinski definition) is 5. The molecule has 2 aromatic rings. The van der Waals surface area contributed by atoms with Crippen LogP contribution in [0.25, 0.3) is 0 Å². The third kappa shape index (κ3) is 3.43. The SMILES string of the molecule is CCOc1ncnc(Sc2ccc(Cl)c(Cl)c2)c1N. The third-order valence-electron chi connectivity index (χ3n) is 2.20. The van der Waals surface area contributed by atoms with Gasteiger partial charge in [0.05, 0.1) is 16.7 Å². The molecular weight excluding hydrogens is 305 g/mol. The quantitative estimate of drug-likeness (QED) is 0.866. The van der Waals surface area contributed by atoms with Gasteiger partial charge in [0.25, 0.3) is 0 Å². The molecule has 2 rings (SSSR count). The van der Waals surface area contributed by atoms with Crippen molar-refractivity contribution in [2.75, 3.05) is 12.3 Å². The minimum atomic E-state index is 0.389. The van der Waals surface area contributed by atoms with E-state index in [1.165, 1.54) is 18.1 Å². The van der Waals surface area contributed by atoms with Crippen LogP contribution in [-0.2, 0) is 0 Å². The molecule has 1 aromatic carbocycles. The van der Waals surface area contributed by atoms with E-state index in [2.05, 4.69) is 9.97 Å². The first-order chi connectivity index (χ1) is 9.11. The highest BCUT2D eigenvalue weighted by atomic mass is 35.5. The summed E-state index contributed by atoms with van der Waals surface area (Å²) in [7, 11) is 0. The molecule has 0 aliphatic rings. The zero-order chi connectivity index (χ0) is 13.8. The van der Waals surface area contributed by atoms with Crippen LogP contribution in [0.15, 0.2) is 34.4 Å². The second-order valence-electron chi connectivity index (χ2n) is 3.51. The van der Waals surface area contributed by atoms with Gasteiger partial charge in [0.2, 0.25) is 5.88 Å². The Bertz CT molecular complexity index is 595. The predicted octanol–water partition coefficient (Wildman–Crippen LogP) is 3.92. The van der Waals surface area contributed by atoms with Gasteiger partial charge in [0.15, 0.2) is 0 Å². The van der Waals surface area contributed by atoms with Gasteiger partial charge in [0, 0.05) is 4.90 Å². The van der Waals surface area contributed by atoms with Crippen molar-refractivity contribution < 1.29 is 4.74 Å². The summed E-state index contributed by atoms with van der Waals surface area (Å²) in [4.78, 5) is 9.01. The number of hydrogen-bond donors (Lipinski definition) is 1. The summed E-state index contributed by atoms with van der Waals surface area (Å²) >= 11 is 13.2. The highest BCUT2D eigenvalue weighted by molar-refractivity contribution is 7.99. The number of halogens is 2. The number of benzene rings is 1. The fourth-order valence-corrected chi connectivity index (χ4v) is 2.55. The number of rotatable bonds is 4. The maximum absolute atomic E-state index is 5.97. The van der Waals surface area contributed by atoms with E-state index in [0.717, 1.165) is 4.90 Å². The van der Waals surface area contributed by atoms with Crippen molar-refractivity contribution in [2.45, 2.75) is 16.8 Å². The Labute approximate surface area is 125 Å². The largest absolute Gasteiger partial charge is 0.476 e. The molecule has 0 unspecified atom stereocenters. The molecule has 1 aromatic heterocycles. The van der Waals surface area contributed by atoms with Crippen LogP contribution in [-0.4, -0.2) is 16.6 Å². The third-order valence-corrected chi connectivity index (χ3v) is 3.94. The Kier molecular flexibility index (Phi) is 4.74. The van der Waals surface area contributed by atoms with Crippen LogP contribution in [0.3, 0.4) is 0 Å². The van der Waals surface area contributed by atoms with Gasteiger partial charge in [-0.15, -0.1) is 0 Å². The molecule has 4 nitrogen and oxygen atoms in total. The van der Waals surface area contributed by atoms with Crippen LogP contribution >= 0.6 is 35.0 Å². The van der Waals surface area contributed by atoms with E-state index in [4.69, 9.17) is 33.7 Å². The zero-order valence-corrected chi connectivity index (χ0v) is 12.4. The Morgan fingerprint density at radius 1 is 1.26 bits per heavy atom. The van der Waals surface area contributed by atoms with Gasteiger partial charge in [-0.2, -0.15) is 4.98 Å². The predicted molar refractivity (Wildman–Crippen MR) is 78.2 cm³/mol. The van der Waals surface area contributed by atoms with Crippen LogP contribution in [0.4, 0.5) is 5.69 Å². The fraction of sp³-hybridized carbons (Fsp3) is 0.167. The fourth-order valence-electron chi connectivity index (χ4n) is 1.35. The lowest BCUT2D eigenvalue weighted by molar-refractivity contribution is 0.327. The lowest BCUT2D eigenvalue weighted by Gasteiger charge is -2.09. The number of nitrogens with zero attached hydrogens (tertiary/aromatic N) is 2. The van der Waals surface area contributed by atoms with E-state index in [9.17, 15) is 0 Å². The van der Waals surface area contributed by atoms with E-state index in [1.807, 2.05) is 13.0 Å². The first kappa shape index (κ1) is 14.2. The molecule has 0 radical (unpaired) electrons. The maximum Gasteiger partial charge on any atom is 0.241 e. The molecule has 19 heavy (non-hydrogen) atoms. The minimum absolute atomic E-state index is 0.389. The molecule has 7 heteroatoms. The van der Waals surface area contributed by atoms with Crippen LogP contribution in [0.2, 0.25) is 10.0 Å². The first-order valence-electron chi connectivity index (χ1n) is 5.48. The van der Waals surface area contributed by atoms with Crippen molar-refractivity contribution in [3.8, 4) is 5.88 Å². The lowest BCUT2D eigenvalue weighted by atomic mass is 10.4. The van der Waals surface area contributed by atoms with Crippen molar-refractivity contribution in [3.05, 3.63) is 34.6 Å². The molecule has 0 saturated carbocycles. The Balaban J connectivity index is 2.27. The van der Waals surface area contributed by atoms with Crippen LogP contribution in [0.5, 0.6) is 5.88 Å². The van der Waals surface area contributed by atoms with E-state index in [1.54, 1.807) is 12.1 Å². The monoisotopic (exact) mass is 315 g/mol. The summed E-state index contributed by atoms with van der Waals surface area (Å²) < 4.78 is 5.32. The summed E-state index contributed by atoms with van der Waals surface area (Å²) in [6.45, 7) is 2.37. The average molecular weight is 316 g/mol. The molecule has 0 bridgehead atoms. The van der Waals surface area contributed by atoms with Gasteiger partial charge in [-0.1, -0.05) is 35.0 Å². The highest BCUT2D eigenvalue weighted by Crippen LogP contribution is 2.36. The Morgan fingerprint density at radius 3 is 2.74 bits per heavy atom. The minimum Gasteiger partial charge on any atom is -0.476 e. The van der Waals surface area contributed by atoms with Gasteiger partial charge in [-0.3, -0.25) is 0 Å². The molecular formula is C12H11Cl2N3OS. The number of nitrogens with two attached hydrogens (primary N) is 1. The number of nitrogen functional groups attached to an aromatic ring is 1. The van der Waals surface area contributed by atoms with Crippen LogP contribution in [0, 0.1) is 0 Å². The summed E-state index contributed by atoms with van der Waals surface area (Å²) in [5, 5.41) is 1.62. The maximum atomic E-state index is 5.97. The highest BCUT2D eigenvalue weighted by Gasteiger charge is 2.11. The number of aromatic nitrogens is 2. The molecule has 0 aliphatic carbocycles. The van der Waals surface area contributed by atoms with E-state index < -0.39 is 0 Å². The number of ether oxygens (including phenoxy) is 1. The number of anilines is 1. The summed E-state index contributed by atoms with van der Waals surface area (Å²) in [6, 6.07) is 5.34. The van der Waals surface area contributed by atoms with Gasteiger partial charge in [-0.05, 0) is 25.1 Å².